The van der Waals surface area contributed by atoms with Gasteiger partial charge in [-0.25, -0.2) is 5.43 Å². The lowest BCUT2D eigenvalue weighted by atomic mass is 10.1. The van der Waals surface area contributed by atoms with Crippen molar-refractivity contribution < 1.29 is 0 Å². The zero-order valence-corrected chi connectivity index (χ0v) is 15.0. The molecule has 27 heavy (non-hydrogen) atoms. The standard InChI is InChI=1S/C20H16N4O2S/c25-18-16-7-3-4-8-17(16)19(26)24(23-18)20(27)22-21-12-13-9-10-14-5-1-2-6-15(14)11-13/h1-11,21H,12H2,(H,22,27)(H,23,25). The largest absolute Gasteiger partial charge is 0.296 e. The van der Waals surface area contributed by atoms with Crippen LogP contribution in [0.25, 0.3) is 21.5 Å². The van der Waals surface area contributed by atoms with E-state index >= 15 is 0 Å². The van der Waals surface area contributed by atoms with Crippen LogP contribution in [0.15, 0.2) is 76.3 Å². The number of nitrogens with zero attached hydrogens (tertiary/aromatic N) is 1. The van der Waals surface area contributed by atoms with Crippen molar-refractivity contribution in [3.63, 3.8) is 0 Å². The van der Waals surface area contributed by atoms with Crippen LogP contribution < -0.4 is 22.0 Å². The molecule has 0 spiro atoms. The number of aromatic amines is 1. The first-order chi connectivity index (χ1) is 13.1. The van der Waals surface area contributed by atoms with Crippen molar-refractivity contribution in [2.45, 2.75) is 6.54 Å². The lowest BCUT2D eigenvalue weighted by Crippen LogP contribution is -2.46. The molecule has 0 radical (unpaired) electrons. The Hall–Kier alpha value is -3.29. The maximum Gasteiger partial charge on any atom is 0.279 e. The Morgan fingerprint density at radius 3 is 2.44 bits per heavy atom. The van der Waals surface area contributed by atoms with E-state index in [1.165, 1.54) is 5.39 Å². The Bertz CT molecular complexity index is 1280. The van der Waals surface area contributed by atoms with Crippen molar-refractivity contribution in [1.82, 2.24) is 20.6 Å². The number of fused-ring (bicyclic) bond motifs is 2. The first kappa shape index (κ1) is 17.1. The summed E-state index contributed by atoms with van der Waals surface area (Å²) in [5.41, 5.74) is 6.10. The summed E-state index contributed by atoms with van der Waals surface area (Å²) in [6, 6.07) is 20.9. The molecule has 0 aliphatic rings. The van der Waals surface area contributed by atoms with Crippen LogP contribution in [0, 0.1) is 0 Å². The van der Waals surface area contributed by atoms with Gasteiger partial charge in [-0.05, 0) is 46.8 Å². The van der Waals surface area contributed by atoms with Gasteiger partial charge in [-0.15, -0.1) is 0 Å². The van der Waals surface area contributed by atoms with Crippen molar-refractivity contribution >= 4 is 38.9 Å². The molecule has 1 aromatic heterocycles. The molecule has 0 fully saturated rings. The SMILES string of the molecule is O=c1[nH]n(C(=S)NNCc2ccc3ccccc3c2)c(=O)c2ccccc12. The second kappa shape index (κ2) is 7.14. The van der Waals surface area contributed by atoms with Crippen LogP contribution in [-0.2, 0) is 6.54 Å². The Morgan fingerprint density at radius 1 is 0.926 bits per heavy atom. The molecule has 6 nitrogen and oxygen atoms in total. The van der Waals surface area contributed by atoms with E-state index in [0.29, 0.717) is 17.3 Å². The van der Waals surface area contributed by atoms with Crippen LogP contribution >= 0.6 is 12.2 Å². The summed E-state index contributed by atoms with van der Waals surface area (Å²) in [6.07, 6.45) is 0. The third kappa shape index (κ3) is 3.38. The van der Waals surface area contributed by atoms with Crippen LogP contribution in [0.4, 0.5) is 0 Å². The van der Waals surface area contributed by atoms with Gasteiger partial charge in [0.15, 0.2) is 0 Å². The first-order valence-electron chi connectivity index (χ1n) is 8.38. The molecule has 1 heterocycles. The van der Waals surface area contributed by atoms with Gasteiger partial charge in [0.1, 0.15) is 0 Å². The topological polar surface area (TPSA) is 78.9 Å². The molecule has 0 aliphatic carbocycles. The highest BCUT2D eigenvalue weighted by Crippen LogP contribution is 2.15. The summed E-state index contributed by atoms with van der Waals surface area (Å²) >= 11 is 5.24. The average Bonchev–Trinajstić information content (AvgIpc) is 2.70. The van der Waals surface area contributed by atoms with Gasteiger partial charge in [-0.1, -0.05) is 48.5 Å². The fraction of sp³-hybridized carbons (Fsp3) is 0.0500. The molecule has 4 aromatic rings. The highest BCUT2D eigenvalue weighted by molar-refractivity contribution is 7.80. The molecular formula is C20H16N4O2S. The molecule has 3 aromatic carbocycles. The summed E-state index contributed by atoms with van der Waals surface area (Å²) in [5, 5.41) is 5.55. The van der Waals surface area contributed by atoms with Gasteiger partial charge in [0.2, 0.25) is 5.11 Å². The van der Waals surface area contributed by atoms with E-state index in [4.69, 9.17) is 12.2 Å². The smallest absolute Gasteiger partial charge is 0.279 e. The molecule has 0 unspecified atom stereocenters. The number of nitrogens with one attached hydrogen (secondary N) is 3. The maximum absolute atomic E-state index is 12.5. The third-order valence-corrected chi connectivity index (χ3v) is 4.61. The van der Waals surface area contributed by atoms with Crippen molar-refractivity contribution in [2.75, 3.05) is 0 Å². The van der Waals surface area contributed by atoms with Crippen LogP contribution in [-0.4, -0.2) is 14.9 Å². The first-order valence-corrected chi connectivity index (χ1v) is 8.79. The third-order valence-electron chi connectivity index (χ3n) is 4.32. The van der Waals surface area contributed by atoms with Crippen molar-refractivity contribution in [1.29, 1.82) is 0 Å². The molecule has 4 rings (SSSR count). The van der Waals surface area contributed by atoms with Gasteiger partial charge < -0.3 is 0 Å². The summed E-state index contributed by atoms with van der Waals surface area (Å²) < 4.78 is 1.04. The minimum absolute atomic E-state index is 0.0728. The average molecular weight is 376 g/mol. The predicted molar refractivity (Wildman–Crippen MR) is 111 cm³/mol. The van der Waals surface area contributed by atoms with E-state index in [1.807, 2.05) is 18.2 Å². The lowest BCUT2D eigenvalue weighted by molar-refractivity contribution is 0.634. The van der Waals surface area contributed by atoms with Crippen molar-refractivity contribution in [3.8, 4) is 0 Å². The fourth-order valence-electron chi connectivity index (χ4n) is 2.97. The lowest BCUT2D eigenvalue weighted by Gasteiger charge is -2.12. The minimum atomic E-state index is -0.379. The number of hydrogen-bond acceptors (Lipinski definition) is 4. The number of benzene rings is 3. The summed E-state index contributed by atoms with van der Waals surface area (Å²) in [5.74, 6) is 0. The quantitative estimate of drug-likeness (QED) is 0.378. The normalized spacial score (nSPS) is 11.0. The van der Waals surface area contributed by atoms with Crippen LogP contribution in [0.3, 0.4) is 0 Å². The Balaban J connectivity index is 1.51. The highest BCUT2D eigenvalue weighted by Gasteiger charge is 2.09. The summed E-state index contributed by atoms with van der Waals surface area (Å²) in [6.45, 7) is 0.498. The van der Waals surface area contributed by atoms with Gasteiger partial charge in [0, 0.05) is 6.54 Å². The Labute approximate surface area is 159 Å². The van der Waals surface area contributed by atoms with Crippen LogP contribution in [0.1, 0.15) is 5.56 Å². The zero-order valence-electron chi connectivity index (χ0n) is 14.2. The fourth-order valence-corrected chi connectivity index (χ4v) is 3.17. The van der Waals surface area contributed by atoms with E-state index in [0.717, 1.165) is 15.6 Å². The molecule has 0 amide bonds. The second-order valence-corrected chi connectivity index (χ2v) is 6.48. The number of rotatable bonds is 3. The molecule has 0 aliphatic heterocycles. The number of hydrazine groups is 1. The number of aromatic nitrogens is 2. The highest BCUT2D eigenvalue weighted by atomic mass is 32.1. The molecule has 0 saturated carbocycles. The van der Waals surface area contributed by atoms with E-state index in [1.54, 1.807) is 24.3 Å². The van der Waals surface area contributed by atoms with Gasteiger partial charge in [-0.2, -0.15) is 4.68 Å². The monoisotopic (exact) mass is 376 g/mol. The minimum Gasteiger partial charge on any atom is -0.296 e. The molecule has 7 heteroatoms. The summed E-state index contributed by atoms with van der Waals surface area (Å²) in [7, 11) is 0. The van der Waals surface area contributed by atoms with Gasteiger partial charge in [0.05, 0.1) is 10.8 Å². The van der Waals surface area contributed by atoms with Gasteiger partial charge in [-0.3, -0.25) is 20.1 Å². The van der Waals surface area contributed by atoms with Gasteiger partial charge >= 0.3 is 0 Å². The molecule has 0 bridgehead atoms. The molecular weight excluding hydrogens is 360 g/mol. The molecule has 134 valence electrons. The second-order valence-electron chi connectivity index (χ2n) is 6.09. The number of H-pyrrole nitrogens is 1. The van der Waals surface area contributed by atoms with E-state index in [-0.39, 0.29) is 16.2 Å². The van der Waals surface area contributed by atoms with Gasteiger partial charge in [0.25, 0.3) is 11.1 Å². The summed E-state index contributed by atoms with van der Waals surface area (Å²) in [4.78, 5) is 24.7. The Kier molecular flexibility index (Phi) is 4.53. The zero-order chi connectivity index (χ0) is 18.8. The number of hydrogen-bond donors (Lipinski definition) is 3. The Morgan fingerprint density at radius 2 is 1.63 bits per heavy atom. The molecule has 0 saturated heterocycles. The van der Waals surface area contributed by atoms with Crippen molar-refractivity contribution in [2.24, 2.45) is 0 Å². The molecule has 3 N–H and O–H groups in total. The van der Waals surface area contributed by atoms with Crippen LogP contribution in [0.2, 0.25) is 0 Å². The maximum atomic E-state index is 12.5. The number of thiocarbonyl (C=S) groups is 1. The van der Waals surface area contributed by atoms with Crippen LogP contribution in [0.5, 0.6) is 0 Å². The van der Waals surface area contributed by atoms with Crippen molar-refractivity contribution in [3.05, 3.63) is 93.0 Å². The van der Waals surface area contributed by atoms with E-state index in [2.05, 4.69) is 40.2 Å². The predicted octanol–water partition coefficient (Wildman–Crippen LogP) is 2.27. The molecule has 0 atom stereocenters. The van der Waals surface area contributed by atoms with E-state index in [9.17, 15) is 9.59 Å². The van der Waals surface area contributed by atoms with E-state index < -0.39 is 0 Å².